The smallest absolute Gasteiger partial charge is 0.255 e. The van der Waals surface area contributed by atoms with E-state index in [2.05, 4.69) is 10.6 Å². The molecule has 2 amide bonds. The molecule has 0 saturated heterocycles. The number of anilines is 1. The second-order valence-electron chi connectivity index (χ2n) is 5.37. The van der Waals surface area contributed by atoms with Crippen LogP contribution < -0.4 is 15.4 Å². The van der Waals surface area contributed by atoms with E-state index in [1.54, 1.807) is 36.4 Å². The third-order valence-electron chi connectivity index (χ3n) is 3.68. The van der Waals surface area contributed by atoms with Gasteiger partial charge in [-0.2, -0.15) is 0 Å². The summed E-state index contributed by atoms with van der Waals surface area (Å²) in [5.41, 5.74) is 1.91. The second-order valence-corrected chi connectivity index (χ2v) is 6.21. The summed E-state index contributed by atoms with van der Waals surface area (Å²) in [7, 11) is 1.53. The zero-order valence-corrected chi connectivity index (χ0v) is 14.7. The maximum atomic E-state index is 12.5. The molecule has 0 fully saturated rings. The Labute approximate surface area is 154 Å². The maximum Gasteiger partial charge on any atom is 0.255 e. The molecule has 25 heavy (non-hydrogen) atoms. The molecule has 5 nitrogen and oxygen atoms in total. The van der Waals surface area contributed by atoms with Crippen molar-refractivity contribution in [2.75, 3.05) is 19.0 Å². The third-order valence-corrected chi connectivity index (χ3v) is 4.24. The summed E-state index contributed by atoms with van der Waals surface area (Å²) in [4.78, 5) is 24.2. The lowest BCUT2D eigenvalue weighted by molar-refractivity contribution is -0.113. The molecule has 2 aromatic carbocycles. The van der Waals surface area contributed by atoms with Crippen LogP contribution in [0.5, 0.6) is 5.75 Å². The standard InChI is InChI=1S/C18H14Cl2N2O3/c1-21-17(23)10-2-4-14(20)15(8-10)22-18(24)12-6-11-7-13(19)3-5-16(11)25-9-12/h2-8H,9H2,1H3,(H,21,23)(H,22,24). The molecule has 0 unspecified atom stereocenters. The number of ether oxygens (including phenoxy) is 1. The lowest BCUT2D eigenvalue weighted by Gasteiger charge is -2.18. The normalized spacial score (nSPS) is 12.5. The molecule has 0 radical (unpaired) electrons. The second kappa shape index (κ2) is 7.17. The predicted molar refractivity (Wildman–Crippen MR) is 98.4 cm³/mol. The molecule has 2 N–H and O–H groups in total. The fourth-order valence-electron chi connectivity index (χ4n) is 2.39. The average molecular weight is 377 g/mol. The van der Waals surface area contributed by atoms with Gasteiger partial charge in [0.15, 0.2) is 0 Å². The molecule has 0 aromatic heterocycles. The third kappa shape index (κ3) is 3.78. The molecule has 2 aromatic rings. The summed E-state index contributed by atoms with van der Waals surface area (Å²) in [6.07, 6.45) is 1.72. The highest BCUT2D eigenvalue weighted by molar-refractivity contribution is 6.34. The van der Waals surface area contributed by atoms with Crippen molar-refractivity contribution in [2.45, 2.75) is 0 Å². The first kappa shape index (κ1) is 17.3. The number of hydrogen-bond donors (Lipinski definition) is 2. The van der Waals surface area contributed by atoms with Gasteiger partial charge in [-0.05, 0) is 42.5 Å². The first-order valence-electron chi connectivity index (χ1n) is 7.44. The van der Waals surface area contributed by atoms with E-state index < -0.39 is 0 Å². The summed E-state index contributed by atoms with van der Waals surface area (Å²) < 4.78 is 5.57. The highest BCUT2D eigenvalue weighted by Gasteiger charge is 2.19. The Morgan fingerprint density at radius 2 is 1.88 bits per heavy atom. The molecule has 1 aliphatic rings. The lowest BCUT2D eigenvalue weighted by Crippen LogP contribution is -2.22. The number of nitrogens with one attached hydrogen (secondary N) is 2. The molecule has 0 atom stereocenters. The van der Waals surface area contributed by atoms with E-state index in [0.29, 0.717) is 32.6 Å². The van der Waals surface area contributed by atoms with Crippen LogP contribution in [0.25, 0.3) is 6.08 Å². The Balaban J connectivity index is 1.84. The predicted octanol–water partition coefficient (Wildman–Crippen LogP) is 3.77. The molecule has 0 bridgehead atoms. The fourth-order valence-corrected chi connectivity index (χ4v) is 2.73. The lowest BCUT2D eigenvalue weighted by atomic mass is 10.1. The van der Waals surface area contributed by atoms with Gasteiger partial charge < -0.3 is 15.4 Å². The van der Waals surface area contributed by atoms with Gasteiger partial charge >= 0.3 is 0 Å². The Bertz CT molecular complexity index is 894. The summed E-state index contributed by atoms with van der Waals surface area (Å²) in [6, 6.07) is 9.87. The van der Waals surface area contributed by atoms with Crippen molar-refractivity contribution in [3.63, 3.8) is 0 Å². The summed E-state index contributed by atoms with van der Waals surface area (Å²) in [6.45, 7) is 0.132. The van der Waals surface area contributed by atoms with E-state index in [4.69, 9.17) is 27.9 Å². The van der Waals surface area contributed by atoms with Crippen LogP contribution in [0.2, 0.25) is 10.0 Å². The van der Waals surface area contributed by atoms with Crippen molar-refractivity contribution >= 4 is 46.8 Å². The largest absolute Gasteiger partial charge is 0.488 e. The number of carbonyl (C=O) groups is 2. The molecule has 0 spiro atoms. The van der Waals surface area contributed by atoms with Crippen LogP contribution in [0.3, 0.4) is 0 Å². The van der Waals surface area contributed by atoms with Gasteiger partial charge in [-0.1, -0.05) is 23.2 Å². The van der Waals surface area contributed by atoms with E-state index in [-0.39, 0.29) is 18.4 Å². The highest BCUT2D eigenvalue weighted by Crippen LogP contribution is 2.30. The molecule has 1 aliphatic heterocycles. The van der Waals surface area contributed by atoms with Gasteiger partial charge in [-0.15, -0.1) is 0 Å². The van der Waals surface area contributed by atoms with Gasteiger partial charge in [0.05, 0.1) is 16.3 Å². The topological polar surface area (TPSA) is 67.4 Å². The number of carbonyl (C=O) groups excluding carboxylic acids is 2. The van der Waals surface area contributed by atoms with E-state index >= 15 is 0 Å². The number of fused-ring (bicyclic) bond motifs is 1. The molecule has 1 heterocycles. The maximum absolute atomic E-state index is 12.5. The monoisotopic (exact) mass is 376 g/mol. The van der Waals surface area contributed by atoms with Gasteiger partial charge in [0.25, 0.3) is 11.8 Å². The van der Waals surface area contributed by atoms with Gasteiger partial charge in [-0.3, -0.25) is 9.59 Å². The van der Waals surface area contributed by atoms with Crippen molar-refractivity contribution in [3.05, 3.63) is 63.1 Å². The number of halogens is 2. The Hall–Kier alpha value is -2.50. The van der Waals surface area contributed by atoms with Crippen LogP contribution >= 0.6 is 23.2 Å². The Kier molecular flexibility index (Phi) is 4.97. The van der Waals surface area contributed by atoms with Crippen LogP contribution in [-0.2, 0) is 4.79 Å². The van der Waals surface area contributed by atoms with Crippen LogP contribution in [-0.4, -0.2) is 25.5 Å². The fraction of sp³-hybridized carbons (Fsp3) is 0.111. The number of benzene rings is 2. The van der Waals surface area contributed by atoms with Crippen molar-refractivity contribution < 1.29 is 14.3 Å². The molecular formula is C18H14Cl2N2O3. The minimum Gasteiger partial charge on any atom is -0.488 e. The average Bonchev–Trinajstić information content (AvgIpc) is 2.62. The van der Waals surface area contributed by atoms with Crippen molar-refractivity contribution in [1.82, 2.24) is 5.32 Å². The summed E-state index contributed by atoms with van der Waals surface area (Å²) in [5, 5.41) is 6.13. The van der Waals surface area contributed by atoms with Crippen LogP contribution in [0.4, 0.5) is 5.69 Å². The Morgan fingerprint density at radius 3 is 2.64 bits per heavy atom. The van der Waals surface area contributed by atoms with Gasteiger partial charge in [0.2, 0.25) is 0 Å². The Morgan fingerprint density at radius 1 is 1.08 bits per heavy atom. The SMILES string of the molecule is CNC(=O)c1ccc(Cl)c(NC(=O)C2=Cc3cc(Cl)ccc3OC2)c1. The minimum atomic E-state index is -0.360. The van der Waals surface area contributed by atoms with Gasteiger partial charge in [0, 0.05) is 23.2 Å². The highest BCUT2D eigenvalue weighted by atomic mass is 35.5. The van der Waals surface area contributed by atoms with Crippen LogP contribution in [0, 0.1) is 0 Å². The van der Waals surface area contributed by atoms with E-state index in [1.165, 1.54) is 13.1 Å². The minimum absolute atomic E-state index is 0.132. The molecule has 128 valence electrons. The molecular weight excluding hydrogens is 363 g/mol. The zero-order chi connectivity index (χ0) is 18.0. The van der Waals surface area contributed by atoms with E-state index in [0.717, 1.165) is 5.56 Å². The van der Waals surface area contributed by atoms with Crippen molar-refractivity contribution in [1.29, 1.82) is 0 Å². The molecule has 3 rings (SSSR count). The molecule has 0 saturated carbocycles. The first-order chi connectivity index (χ1) is 12.0. The van der Waals surface area contributed by atoms with E-state index in [9.17, 15) is 9.59 Å². The van der Waals surface area contributed by atoms with Crippen LogP contribution in [0.15, 0.2) is 42.0 Å². The summed E-state index contributed by atoms with van der Waals surface area (Å²) >= 11 is 12.1. The van der Waals surface area contributed by atoms with E-state index in [1.807, 2.05) is 0 Å². The van der Waals surface area contributed by atoms with Gasteiger partial charge in [0.1, 0.15) is 12.4 Å². The van der Waals surface area contributed by atoms with Crippen LogP contribution in [0.1, 0.15) is 15.9 Å². The summed E-state index contributed by atoms with van der Waals surface area (Å²) in [5.74, 6) is 0.0399. The number of hydrogen-bond acceptors (Lipinski definition) is 3. The van der Waals surface area contributed by atoms with Crippen molar-refractivity contribution in [2.24, 2.45) is 0 Å². The number of rotatable bonds is 3. The number of amides is 2. The van der Waals surface area contributed by atoms with Gasteiger partial charge in [-0.25, -0.2) is 0 Å². The molecule has 7 heteroatoms. The first-order valence-corrected chi connectivity index (χ1v) is 8.19. The quantitative estimate of drug-likeness (QED) is 0.856. The zero-order valence-electron chi connectivity index (χ0n) is 13.2. The van der Waals surface area contributed by atoms with Crippen molar-refractivity contribution in [3.8, 4) is 5.75 Å². The molecule has 0 aliphatic carbocycles.